The summed E-state index contributed by atoms with van der Waals surface area (Å²) in [6.07, 6.45) is 0. The van der Waals surface area contributed by atoms with Crippen LogP contribution in [-0.4, -0.2) is 10.7 Å². The van der Waals surface area contributed by atoms with Gasteiger partial charge in [-0.25, -0.2) is 4.98 Å². The van der Waals surface area contributed by atoms with Crippen molar-refractivity contribution in [2.75, 3.05) is 11.5 Å². The number of fused-ring (bicyclic) bond motifs is 1. The van der Waals surface area contributed by atoms with Crippen LogP contribution >= 0.6 is 11.8 Å². The van der Waals surface area contributed by atoms with Gasteiger partial charge in [0, 0.05) is 5.69 Å². The van der Waals surface area contributed by atoms with E-state index in [2.05, 4.69) is 11.9 Å². The smallest absolute Gasteiger partial charge is 0.256 e. The summed E-state index contributed by atoms with van der Waals surface area (Å²) in [7, 11) is 0. The minimum Gasteiger partial charge on any atom is -0.431 e. The first-order chi connectivity index (χ1) is 6.29. The molecule has 0 fully saturated rings. The highest BCUT2D eigenvalue weighted by atomic mass is 32.2. The zero-order valence-electron chi connectivity index (χ0n) is 7.28. The van der Waals surface area contributed by atoms with Gasteiger partial charge in [-0.3, -0.25) is 0 Å². The van der Waals surface area contributed by atoms with Crippen molar-refractivity contribution in [1.82, 2.24) is 4.98 Å². The Hall–Kier alpha value is -1.16. The lowest BCUT2D eigenvalue weighted by Gasteiger charge is -1.88. The van der Waals surface area contributed by atoms with E-state index in [0.717, 1.165) is 16.9 Å². The van der Waals surface area contributed by atoms with Crippen LogP contribution in [0.4, 0.5) is 5.69 Å². The van der Waals surface area contributed by atoms with Gasteiger partial charge in [0.2, 0.25) is 0 Å². The number of nitrogens with zero attached hydrogens (tertiary/aromatic N) is 1. The second-order valence-corrected chi connectivity index (χ2v) is 3.86. The van der Waals surface area contributed by atoms with Crippen molar-refractivity contribution < 1.29 is 4.42 Å². The lowest BCUT2D eigenvalue weighted by Crippen LogP contribution is -1.82. The molecule has 0 amide bonds. The Bertz CT molecular complexity index is 424. The second-order valence-electron chi connectivity index (χ2n) is 2.64. The number of rotatable bonds is 2. The van der Waals surface area contributed by atoms with E-state index in [-0.39, 0.29) is 0 Å². The number of nitrogen functional groups attached to an aromatic ring is 1. The fourth-order valence-corrected chi connectivity index (χ4v) is 1.67. The minimum absolute atomic E-state index is 0.711. The summed E-state index contributed by atoms with van der Waals surface area (Å²) in [6.45, 7) is 2.06. The molecule has 0 spiro atoms. The Morgan fingerprint density at radius 1 is 1.54 bits per heavy atom. The standard InChI is InChI=1S/C9H10N2OS/c1-2-13-9-11-7-5-6(10)3-4-8(7)12-9/h3-5H,2,10H2,1H3. The molecule has 0 saturated carbocycles. The van der Waals surface area contributed by atoms with Gasteiger partial charge in [-0.05, 0) is 24.0 Å². The zero-order chi connectivity index (χ0) is 9.26. The molecule has 1 aromatic heterocycles. The number of aromatic nitrogens is 1. The molecule has 0 bridgehead atoms. The molecule has 0 aliphatic heterocycles. The fraction of sp³-hybridized carbons (Fsp3) is 0.222. The number of hydrogen-bond acceptors (Lipinski definition) is 4. The molecule has 0 atom stereocenters. The average Bonchev–Trinajstić information content (AvgIpc) is 2.46. The van der Waals surface area contributed by atoms with Crippen molar-refractivity contribution >= 4 is 28.5 Å². The normalized spacial score (nSPS) is 10.8. The predicted molar refractivity (Wildman–Crippen MR) is 54.8 cm³/mol. The van der Waals surface area contributed by atoms with E-state index < -0.39 is 0 Å². The van der Waals surface area contributed by atoms with Crippen molar-refractivity contribution in [1.29, 1.82) is 0 Å². The van der Waals surface area contributed by atoms with Crippen molar-refractivity contribution in [2.24, 2.45) is 0 Å². The van der Waals surface area contributed by atoms with E-state index in [0.29, 0.717) is 10.9 Å². The summed E-state index contributed by atoms with van der Waals surface area (Å²) in [5.41, 5.74) is 7.96. The van der Waals surface area contributed by atoms with Crippen LogP contribution in [0.5, 0.6) is 0 Å². The summed E-state index contributed by atoms with van der Waals surface area (Å²) >= 11 is 1.59. The summed E-state index contributed by atoms with van der Waals surface area (Å²) in [5, 5.41) is 0.711. The van der Waals surface area contributed by atoms with Crippen molar-refractivity contribution in [3.63, 3.8) is 0 Å². The molecule has 2 rings (SSSR count). The zero-order valence-corrected chi connectivity index (χ0v) is 8.10. The highest BCUT2D eigenvalue weighted by Crippen LogP contribution is 2.24. The van der Waals surface area contributed by atoms with Gasteiger partial charge >= 0.3 is 0 Å². The van der Waals surface area contributed by atoms with Gasteiger partial charge in [0.15, 0.2) is 5.58 Å². The predicted octanol–water partition coefficient (Wildman–Crippen LogP) is 2.52. The number of hydrogen-bond donors (Lipinski definition) is 1. The van der Waals surface area contributed by atoms with Crippen LogP contribution in [-0.2, 0) is 0 Å². The van der Waals surface area contributed by atoms with E-state index >= 15 is 0 Å². The summed E-state index contributed by atoms with van der Waals surface area (Å²) < 4.78 is 5.46. The Balaban J connectivity index is 2.49. The Labute approximate surface area is 80.3 Å². The average molecular weight is 194 g/mol. The molecule has 4 heteroatoms. The molecule has 3 nitrogen and oxygen atoms in total. The van der Waals surface area contributed by atoms with Gasteiger partial charge in [-0.1, -0.05) is 18.7 Å². The van der Waals surface area contributed by atoms with Crippen molar-refractivity contribution in [3.8, 4) is 0 Å². The molecular weight excluding hydrogens is 184 g/mol. The third-order valence-corrected chi connectivity index (χ3v) is 2.37. The van der Waals surface area contributed by atoms with Crippen LogP contribution in [0.3, 0.4) is 0 Å². The molecular formula is C9H10N2OS. The van der Waals surface area contributed by atoms with Crippen LogP contribution in [0.15, 0.2) is 27.8 Å². The Morgan fingerprint density at radius 2 is 2.38 bits per heavy atom. The summed E-state index contributed by atoms with van der Waals surface area (Å²) in [5.74, 6) is 0.961. The number of nitrogens with two attached hydrogens (primary N) is 1. The van der Waals surface area contributed by atoms with Gasteiger partial charge < -0.3 is 10.2 Å². The first-order valence-electron chi connectivity index (χ1n) is 4.08. The van der Waals surface area contributed by atoms with Crippen LogP contribution in [0.1, 0.15) is 6.92 Å². The number of anilines is 1. The maximum atomic E-state index is 5.62. The van der Waals surface area contributed by atoms with Crippen LogP contribution in [0.2, 0.25) is 0 Å². The quantitative estimate of drug-likeness (QED) is 0.589. The lowest BCUT2D eigenvalue weighted by atomic mass is 10.3. The highest BCUT2D eigenvalue weighted by molar-refractivity contribution is 7.99. The van der Waals surface area contributed by atoms with Gasteiger partial charge in [-0.2, -0.15) is 0 Å². The van der Waals surface area contributed by atoms with E-state index in [4.69, 9.17) is 10.2 Å². The fourth-order valence-electron chi connectivity index (χ4n) is 1.11. The lowest BCUT2D eigenvalue weighted by molar-refractivity contribution is 0.489. The van der Waals surface area contributed by atoms with Crippen LogP contribution in [0, 0.1) is 0 Å². The molecule has 0 saturated heterocycles. The molecule has 0 aliphatic carbocycles. The molecule has 0 unspecified atom stereocenters. The van der Waals surface area contributed by atoms with E-state index in [1.165, 1.54) is 0 Å². The monoisotopic (exact) mass is 194 g/mol. The Morgan fingerprint density at radius 3 is 3.15 bits per heavy atom. The molecule has 1 heterocycles. The Kier molecular flexibility index (Phi) is 2.14. The highest BCUT2D eigenvalue weighted by Gasteiger charge is 2.04. The van der Waals surface area contributed by atoms with E-state index in [1.807, 2.05) is 18.2 Å². The largest absolute Gasteiger partial charge is 0.431 e. The number of oxazole rings is 1. The molecule has 2 N–H and O–H groups in total. The second kappa shape index (κ2) is 3.30. The molecule has 68 valence electrons. The van der Waals surface area contributed by atoms with Gasteiger partial charge in [0.1, 0.15) is 5.52 Å². The maximum Gasteiger partial charge on any atom is 0.256 e. The third-order valence-electron chi connectivity index (χ3n) is 1.66. The number of thioether (sulfide) groups is 1. The van der Waals surface area contributed by atoms with Gasteiger partial charge in [-0.15, -0.1) is 0 Å². The molecule has 0 aliphatic rings. The van der Waals surface area contributed by atoms with Gasteiger partial charge in [0.25, 0.3) is 5.22 Å². The topological polar surface area (TPSA) is 52.0 Å². The van der Waals surface area contributed by atoms with Crippen molar-refractivity contribution in [2.45, 2.75) is 12.1 Å². The molecule has 0 radical (unpaired) electrons. The molecule has 1 aromatic carbocycles. The maximum absolute atomic E-state index is 5.62. The summed E-state index contributed by atoms with van der Waals surface area (Å²) in [4.78, 5) is 4.28. The minimum atomic E-state index is 0.711. The first kappa shape index (κ1) is 8.44. The SMILES string of the molecule is CCSc1nc2cc(N)ccc2o1. The van der Waals surface area contributed by atoms with E-state index in [1.54, 1.807) is 11.8 Å². The number of benzene rings is 1. The third kappa shape index (κ3) is 1.62. The van der Waals surface area contributed by atoms with Crippen molar-refractivity contribution in [3.05, 3.63) is 18.2 Å². The first-order valence-corrected chi connectivity index (χ1v) is 5.07. The van der Waals surface area contributed by atoms with Crippen LogP contribution < -0.4 is 5.73 Å². The van der Waals surface area contributed by atoms with E-state index in [9.17, 15) is 0 Å². The van der Waals surface area contributed by atoms with Gasteiger partial charge in [0.05, 0.1) is 0 Å². The molecule has 13 heavy (non-hydrogen) atoms. The molecule has 2 aromatic rings. The summed E-state index contributed by atoms with van der Waals surface area (Å²) in [6, 6.07) is 5.48. The van der Waals surface area contributed by atoms with Crippen LogP contribution in [0.25, 0.3) is 11.1 Å².